The smallest absolute Gasteiger partial charge is 0.213 e. The average Bonchev–Trinajstić information content (AvgIpc) is 1.99. The Morgan fingerprint density at radius 2 is 2.30 bits per heavy atom. The molecule has 0 aliphatic heterocycles. The molecular weight excluding hydrogens is 152 g/mol. The van der Waals surface area contributed by atoms with Crippen molar-refractivity contribution in [3.63, 3.8) is 0 Å². The highest BCUT2D eigenvalue weighted by Gasteiger charge is 2.08. The lowest BCUT2D eigenvalue weighted by atomic mass is 10.4. The van der Waals surface area contributed by atoms with Crippen LogP contribution in [0.1, 0.15) is 13.3 Å². The number of alkyl halides is 1. The predicted octanol–water partition coefficient (Wildman–Crippen LogP) is 1.83. The molecule has 0 aromatic rings. The number of hydrogen-bond donors (Lipinski definition) is 0. The van der Waals surface area contributed by atoms with Crippen LogP contribution >= 0.6 is 11.6 Å². The highest BCUT2D eigenvalue weighted by Crippen LogP contribution is 1.95. The number of hydrogen-bond acceptors (Lipinski definition) is 2. The Morgan fingerprint density at radius 1 is 1.60 bits per heavy atom. The highest BCUT2D eigenvalue weighted by atomic mass is 35.5. The van der Waals surface area contributed by atoms with Crippen LogP contribution in [0.15, 0.2) is 0 Å². The molecule has 0 rings (SSSR count). The number of rotatable bonds is 6. The SMILES string of the molecule is [CH2+]OC(CCl)COCCC. The van der Waals surface area contributed by atoms with E-state index in [2.05, 4.69) is 14.0 Å². The molecule has 0 saturated carbocycles. The van der Waals surface area contributed by atoms with Crippen molar-refractivity contribution in [1.82, 2.24) is 0 Å². The number of ether oxygens (including phenoxy) is 2. The van der Waals surface area contributed by atoms with Gasteiger partial charge in [0.1, 0.15) is 6.10 Å². The summed E-state index contributed by atoms with van der Waals surface area (Å²) in [4.78, 5) is 0. The molecule has 0 spiro atoms. The second-order valence-corrected chi connectivity index (χ2v) is 2.33. The molecule has 3 heteroatoms. The van der Waals surface area contributed by atoms with Crippen molar-refractivity contribution in [2.45, 2.75) is 19.4 Å². The minimum Gasteiger partial charge on any atom is -0.379 e. The summed E-state index contributed by atoms with van der Waals surface area (Å²) in [7, 11) is 3.27. The Labute approximate surface area is 67.5 Å². The van der Waals surface area contributed by atoms with Gasteiger partial charge >= 0.3 is 0 Å². The topological polar surface area (TPSA) is 18.5 Å². The molecule has 0 aliphatic carbocycles. The summed E-state index contributed by atoms with van der Waals surface area (Å²) in [6.45, 7) is 3.36. The van der Waals surface area contributed by atoms with Gasteiger partial charge in [-0.05, 0) is 6.42 Å². The highest BCUT2D eigenvalue weighted by molar-refractivity contribution is 6.18. The molecule has 0 fully saturated rings. The zero-order valence-corrected chi connectivity index (χ0v) is 7.06. The first-order valence-electron chi connectivity index (χ1n) is 3.39. The Bertz CT molecular complexity index is 64.6. The fourth-order valence-corrected chi connectivity index (χ4v) is 0.674. The Morgan fingerprint density at radius 3 is 2.70 bits per heavy atom. The molecule has 0 aliphatic rings. The summed E-state index contributed by atoms with van der Waals surface area (Å²) >= 11 is 5.50. The van der Waals surface area contributed by atoms with E-state index < -0.39 is 0 Å². The van der Waals surface area contributed by atoms with Gasteiger partial charge < -0.3 is 4.74 Å². The molecule has 0 bridgehead atoms. The summed E-state index contributed by atoms with van der Waals surface area (Å²) in [5.41, 5.74) is 0. The van der Waals surface area contributed by atoms with Crippen molar-refractivity contribution in [3.05, 3.63) is 7.11 Å². The van der Waals surface area contributed by atoms with Crippen LogP contribution in [0.4, 0.5) is 0 Å². The van der Waals surface area contributed by atoms with Crippen LogP contribution in [0.25, 0.3) is 0 Å². The van der Waals surface area contributed by atoms with Gasteiger partial charge in [0, 0.05) is 6.61 Å². The minimum atomic E-state index is -0.0618. The molecule has 10 heavy (non-hydrogen) atoms. The van der Waals surface area contributed by atoms with Crippen molar-refractivity contribution in [1.29, 1.82) is 0 Å². The van der Waals surface area contributed by atoms with Gasteiger partial charge in [-0.3, -0.25) is 0 Å². The van der Waals surface area contributed by atoms with Crippen LogP contribution in [-0.2, 0) is 9.47 Å². The van der Waals surface area contributed by atoms with E-state index in [1.807, 2.05) is 0 Å². The molecule has 0 radical (unpaired) electrons. The molecule has 0 aromatic carbocycles. The molecule has 1 unspecified atom stereocenters. The molecule has 2 nitrogen and oxygen atoms in total. The normalized spacial score (nSPS) is 13.4. The predicted molar refractivity (Wildman–Crippen MR) is 42.1 cm³/mol. The minimum absolute atomic E-state index is 0.0618. The lowest BCUT2D eigenvalue weighted by Gasteiger charge is -2.06. The second-order valence-electron chi connectivity index (χ2n) is 2.02. The molecule has 1 atom stereocenters. The van der Waals surface area contributed by atoms with Gasteiger partial charge in [-0.1, -0.05) is 6.92 Å². The van der Waals surface area contributed by atoms with E-state index in [0.29, 0.717) is 12.5 Å². The average molecular weight is 166 g/mol. The van der Waals surface area contributed by atoms with E-state index in [-0.39, 0.29) is 6.10 Å². The molecule has 0 heterocycles. The summed E-state index contributed by atoms with van der Waals surface area (Å²) < 4.78 is 9.92. The third kappa shape index (κ3) is 4.91. The third-order valence-electron chi connectivity index (χ3n) is 1.06. The standard InChI is InChI=1S/C7H14ClO2/c1-3-4-10-6-7(5-8)9-2/h7H,2-6H2,1H3/q+1. The zero-order chi connectivity index (χ0) is 7.82. The Kier molecular flexibility index (Phi) is 7.25. The Balaban J connectivity index is 3.09. The van der Waals surface area contributed by atoms with Gasteiger partial charge in [-0.15, -0.1) is 11.6 Å². The zero-order valence-electron chi connectivity index (χ0n) is 6.31. The van der Waals surface area contributed by atoms with Gasteiger partial charge in [0.2, 0.25) is 7.11 Å². The molecule has 0 aromatic heterocycles. The first kappa shape index (κ1) is 10.1. The lowest BCUT2D eigenvalue weighted by molar-refractivity contribution is 0.0362. The van der Waals surface area contributed by atoms with E-state index >= 15 is 0 Å². The van der Waals surface area contributed by atoms with Gasteiger partial charge in [0.15, 0.2) is 0 Å². The second kappa shape index (κ2) is 7.19. The van der Waals surface area contributed by atoms with Crippen LogP contribution in [0.3, 0.4) is 0 Å². The molecule has 0 saturated heterocycles. The van der Waals surface area contributed by atoms with Crippen molar-refractivity contribution in [2.24, 2.45) is 0 Å². The van der Waals surface area contributed by atoms with Crippen LogP contribution in [0.5, 0.6) is 0 Å². The Hall–Kier alpha value is 0.0800. The first-order chi connectivity index (χ1) is 4.85. The van der Waals surface area contributed by atoms with E-state index in [4.69, 9.17) is 21.1 Å². The fourth-order valence-electron chi connectivity index (χ4n) is 0.496. The summed E-state index contributed by atoms with van der Waals surface area (Å²) in [5.74, 6) is 0.438. The maximum atomic E-state index is 5.50. The largest absolute Gasteiger partial charge is 0.379 e. The van der Waals surface area contributed by atoms with E-state index in [0.717, 1.165) is 13.0 Å². The van der Waals surface area contributed by atoms with Crippen LogP contribution in [0, 0.1) is 7.11 Å². The van der Waals surface area contributed by atoms with Gasteiger partial charge in [0.05, 0.1) is 12.5 Å². The van der Waals surface area contributed by atoms with Gasteiger partial charge in [-0.2, -0.15) is 4.74 Å². The maximum absolute atomic E-state index is 5.50. The van der Waals surface area contributed by atoms with Crippen molar-refractivity contribution in [3.8, 4) is 0 Å². The monoisotopic (exact) mass is 165 g/mol. The van der Waals surface area contributed by atoms with Crippen molar-refractivity contribution >= 4 is 11.6 Å². The lowest BCUT2D eigenvalue weighted by Crippen LogP contribution is -2.19. The molecule has 0 N–H and O–H groups in total. The van der Waals surface area contributed by atoms with E-state index in [9.17, 15) is 0 Å². The summed E-state index contributed by atoms with van der Waals surface area (Å²) in [6.07, 6.45) is 0.958. The van der Waals surface area contributed by atoms with Gasteiger partial charge in [-0.25, -0.2) is 0 Å². The maximum Gasteiger partial charge on any atom is 0.213 e. The quantitative estimate of drug-likeness (QED) is 0.340. The van der Waals surface area contributed by atoms with Crippen LogP contribution < -0.4 is 0 Å². The van der Waals surface area contributed by atoms with Crippen molar-refractivity contribution < 1.29 is 9.47 Å². The van der Waals surface area contributed by atoms with Crippen molar-refractivity contribution in [2.75, 3.05) is 19.1 Å². The molecular formula is C7H14ClO2+. The third-order valence-corrected chi connectivity index (χ3v) is 1.40. The van der Waals surface area contributed by atoms with E-state index in [1.165, 1.54) is 0 Å². The van der Waals surface area contributed by atoms with Gasteiger partial charge in [0.25, 0.3) is 0 Å². The molecule has 0 amide bonds. The summed E-state index contributed by atoms with van der Waals surface area (Å²) in [5, 5.41) is 0. The van der Waals surface area contributed by atoms with E-state index in [1.54, 1.807) is 0 Å². The van der Waals surface area contributed by atoms with Crippen LogP contribution in [0.2, 0.25) is 0 Å². The van der Waals surface area contributed by atoms with Crippen LogP contribution in [-0.4, -0.2) is 25.2 Å². The molecule has 60 valence electrons. The first-order valence-corrected chi connectivity index (χ1v) is 3.93. The summed E-state index contributed by atoms with van der Waals surface area (Å²) in [6, 6.07) is 0. The fraction of sp³-hybridized carbons (Fsp3) is 0.857. The number of halogens is 1.